The van der Waals surface area contributed by atoms with Crippen molar-refractivity contribution >= 4 is 29.0 Å². The molecule has 0 radical (unpaired) electrons. The van der Waals surface area contributed by atoms with Gasteiger partial charge in [0.2, 0.25) is 0 Å². The Morgan fingerprint density at radius 1 is 0.646 bits per heavy atom. The van der Waals surface area contributed by atoms with Gasteiger partial charge in [-0.15, -0.1) is 0 Å². The zero-order valence-corrected chi connectivity index (χ0v) is 28.3. The van der Waals surface area contributed by atoms with Crippen molar-refractivity contribution in [2.75, 3.05) is 18.0 Å². The van der Waals surface area contributed by atoms with Crippen LogP contribution in [0, 0.1) is 27.7 Å². The standard InChI is InChI=1S/C38H43N3O7/c1-7-25-13-21(3)14-27(37(25)47)17-32-24(6)33(18-28(38(32)48)16-26-15-22(4)36(46)31(8-2)23(26)5)40-39-29-9-11-30(12-10-29)41(19-34(42)43)20-35(44)45/h9-15,18,46-48H,7-8,16-17,19-20H2,1-6H3,(H,42,43)(H,44,45). The molecule has 0 saturated carbocycles. The van der Waals surface area contributed by atoms with Crippen molar-refractivity contribution in [2.24, 2.45) is 10.2 Å². The number of hydrogen-bond acceptors (Lipinski definition) is 8. The molecule has 0 atom stereocenters. The van der Waals surface area contributed by atoms with Gasteiger partial charge in [0, 0.05) is 29.7 Å². The van der Waals surface area contributed by atoms with Gasteiger partial charge >= 0.3 is 11.9 Å². The zero-order chi connectivity index (χ0) is 35.3. The van der Waals surface area contributed by atoms with Crippen LogP contribution in [-0.2, 0) is 35.3 Å². The zero-order valence-electron chi connectivity index (χ0n) is 28.3. The molecule has 4 aromatic carbocycles. The number of aryl methyl sites for hydroxylation is 3. The van der Waals surface area contributed by atoms with E-state index in [9.17, 15) is 35.1 Å². The smallest absolute Gasteiger partial charge is 0.323 e. The van der Waals surface area contributed by atoms with Gasteiger partial charge in [-0.1, -0.05) is 37.6 Å². The maximum absolute atomic E-state index is 11.7. The molecule has 10 nitrogen and oxygen atoms in total. The van der Waals surface area contributed by atoms with E-state index in [1.54, 1.807) is 30.3 Å². The predicted molar refractivity (Wildman–Crippen MR) is 186 cm³/mol. The summed E-state index contributed by atoms with van der Waals surface area (Å²) in [6, 6.07) is 14.0. The monoisotopic (exact) mass is 653 g/mol. The van der Waals surface area contributed by atoms with Crippen LogP contribution in [0.1, 0.15) is 69.5 Å². The molecule has 4 rings (SSSR count). The van der Waals surface area contributed by atoms with Gasteiger partial charge in [0.25, 0.3) is 0 Å². The maximum Gasteiger partial charge on any atom is 0.323 e. The fourth-order valence-corrected chi connectivity index (χ4v) is 6.13. The summed E-state index contributed by atoms with van der Waals surface area (Å²) in [5, 5.41) is 60.9. The van der Waals surface area contributed by atoms with Crippen molar-refractivity contribution in [2.45, 2.75) is 67.2 Å². The molecular formula is C38H43N3O7. The molecule has 4 aromatic rings. The number of rotatable bonds is 13. The number of hydrogen-bond donors (Lipinski definition) is 5. The summed E-state index contributed by atoms with van der Waals surface area (Å²) in [6.45, 7) is 10.7. The van der Waals surface area contributed by atoms with Gasteiger partial charge in [-0.05, 0) is 110 Å². The third kappa shape index (κ3) is 7.94. The number of benzene rings is 4. The van der Waals surface area contributed by atoms with E-state index >= 15 is 0 Å². The first-order chi connectivity index (χ1) is 22.7. The summed E-state index contributed by atoms with van der Waals surface area (Å²) in [5.74, 6) is -1.71. The Bertz CT molecular complexity index is 1870. The molecule has 0 spiro atoms. The highest BCUT2D eigenvalue weighted by atomic mass is 16.4. The SMILES string of the molecule is CCc1cc(C)cc(Cc2c(C)c(N=Nc3ccc(N(CC(=O)O)CC(=O)O)cc3)cc(Cc3cc(C)c(O)c(CC)c3C)c2O)c1O. The highest BCUT2D eigenvalue weighted by Crippen LogP contribution is 2.40. The number of nitrogens with zero attached hydrogens (tertiary/aromatic N) is 3. The molecule has 5 N–H and O–H groups in total. The Labute approximate surface area is 280 Å². The highest BCUT2D eigenvalue weighted by molar-refractivity contribution is 5.79. The van der Waals surface area contributed by atoms with E-state index in [0.29, 0.717) is 58.6 Å². The Hall–Kier alpha value is -5.38. The van der Waals surface area contributed by atoms with Gasteiger partial charge < -0.3 is 30.4 Å². The van der Waals surface area contributed by atoms with Gasteiger partial charge in [0.15, 0.2) is 0 Å². The van der Waals surface area contributed by atoms with E-state index in [-0.39, 0.29) is 23.7 Å². The molecule has 0 heterocycles. The second kappa shape index (κ2) is 15.0. The minimum absolute atomic E-state index is 0.106. The van der Waals surface area contributed by atoms with Gasteiger partial charge in [-0.2, -0.15) is 10.2 Å². The van der Waals surface area contributed by atoms with Crippen LogP contribution >= 0.6 is 0 Å². The molecule has 0 aliphatic rings. The quantitative estimate of drug-likeness (QED) is 0.0915. The predicted octanol–water partition coefficient (Wildman–Crippen LogP) is 7.73. The lowest BCUT2D eigenvalue weighted by atomic mass is 9.88. The first kappa shape index (κ1) is 35.5. The van der Waals surface area contributed by atoms with Gasteiger partial charge in [-0.3, -0.25) is 9.59 Å². The average Bonchev–Trinajstić information content (AvgIpc) is 3.03. The summed E-state index contributed by atoms with van der Waals surface area (Å²) >= 11 is 0. The average molecular weight is 654 g/mol. The maximum atomic E-state index is 11.7. The topological polar surface area (TPSA) is 163 Å². The lowest BCUT2D eigenvalue weighted by molar-refractivity contribution is -0.136. The molecule has 0 aliphatic heterocycles. The summed E-state index contributed by atoms with van der Waals surface area (Å²) in [7, 11) is 0. The second-order valence-electron chi connectivity index (χ2n) is 12.2. The minimum Gasteiger partial charge on any atom is -0.507 e. The number of aliphatic carboxylic acids is 2. The van der Waals surface area contributed by atoms with Crippen molar-refractivity contribution in [1.29, 1.82) is 0 Å². The van der Waals surface area contributed by atoms with E-state index in [4.69, 9.17) is 0 Å². The van der Waals surface area contributed by atoms with E-state index in [1.165, 1.54) is 4.90 Å². The third-order valence-electron chi connectivity index (χ3n) is 8.76. The van der Waals surface area contributed by atoms with Crippen molar-refractivity contribution in [1.82, 2.24) is 0 Å². The molecule has 0 aliphatic carbocycles. The first-order valence-corrected chi connectivity index (χ1v) is 15.9. The lowest BCUT2D eigenvalue weighted by Gasteiger charge is -2.20. The summed E-state index contributed by atoms with van der Waals surface area (Å²) in [4.78, 5) is 23.8. The molecule has 0 aromatic heterocycles. The van der Waals surface area contributed by atoms with E-state index < -0.39 is 25.0 Å². The van der Waals surface area contributed by atoms with E-state index in [0.717, 1.165) is 33.4 Å². The van der Waals surface area contributed by atoms with Gasteiger partial charge in [-0.25, -0.2) is 0 Å². The van der Waals surface area contributed by atoms with Crippen LogP contribution in [0.4, 0.5) is 17.1 Å². The van der Waals surface area contributed by atoms with Crippen LogP contribution in [0.5, 0.6) is 17.2 Å². The molecule has 48 heavy (non-hydrogen) atoms. The van der Waals surface area contributed by atoms with Crippen LogP contribution in [0.25, 0.3) is 0 Å². The summed E-state index contributed by atoms with van der Waals surface area (Å²) in [5.41, 5.74) is 9.38. The van der Waals surface area contributed by atoms with Gasteiger partial charge in [0.1, 0.15) is 30.3 Å². The molecule has 0 unspecified atom stereocenters. The largest absolute Gasteiger partial charge is 0.507 e. The summed E-state index contributed by atoms with van der Waals surface area (Å²) in [6.07, 6.45) is 1.96. The van der Waals surface area contributed by atoms with Crippen molar-refractivity contribution in [3.8, 4) is 17.2 Å². The van der Waals surface area contributed by atoms with Crippen molar-refractivity contribution < 1.29 is 35.1 Å². The Morgan fingerprint density at radius 2 is 1.25 bits per heavy atom. The Morgan fingerprint density at radius 3 is 1.83 bits per heavy atom. The number of carboxylic acids is 2. The number of anilines is 1. The molecule has 0 saturated heterocycles. The Balaban J connectivity index is 1.80. The fourth-order valence-electron chi connectivity index (χ4n) is 6.13. The van der Waals surface area contributed by atoms with Crippen LogP contribution in [0.2, 0.25) is 0 Å². The molecule has 0 fully saturated rings. The molecule has 0 bridgehead atoms. The van der Waals surface area contributed by atoms with Crippen LogP contribution in [0.15, 0.2) is 58.8 Å². The number of carbonyl (C=O) groups is 2. The van der Waals surface area contributed by atoms with Crippen LogP contribution in [0.3, 0.4) is 0 Å². The fraction of sp³-hybridized carbons (Fsp3) is 0.316. The van der Waals surface area contributed by atoms with Gasteiger partial charge in [0.05, 0.1) is 11.4 Å². The molecule has 0 amide bonds. The first-order valence-electron chi connectivity index (χ1n) is 15.9. The van der Waals surface area contributed by atoms with Crippen molar-refractivity contribution in [3.63, 3.8) is 0 Å². The minimum atomic E-state index is -1.15. The molecule has 10 heteroatoms. The molecular weight excluding hydrogens is 610 g/mol. The second-order valence-corrected chi connectivity index (χ2v) is 12.2. The highest BCUT2D eigenvalue weighted by Gasteiger charge is 2.21. The Kier molecular flexibility index (Phi) is 11.1. The number of phenolic OH excluding ortho intramolecular Hbond substituents is 3. The van der Waals surface area contributed by atoms with Crippen LogP contribution in [-0.4, -0.2) is 50.6 Å². The van der Waals surface area contributed by atoms with E-state index in [1.807, 2.05) is 59.7 Å². The number of azo groups is 1. The summed E-state index contributed by atoms with van der Waals surface area (Å²) < 4.78 is 0. The van der Waals surface area contributed by atoms with E-state index in [2.05, 4.69) is 10.2 Å². The normalized spacial score (nSPS) is 11.3. The number of aromatic hydroxyl groups is 3. The number of phenols is 3. The van der Waals surface area contributed by atoms with Crippen LogP contribution < -0.4 is 4.90 Å². The number of carboxylic acid groups (broad SMARTS) is 2. The van der Waals surface area contributed by atoms with Crippen molar-refractivity contribution in [3.05, 3.63) is 104 Å². The lowest BCUT2D eigenvalue weighted by Crippen LogP contribution is -2.34. The molecule has 252 valence electrons. The third-order valence-corrected chi connectivity index (χ3v) is 8.76.